The Bertz CT molecular complexity index is 403. The highest BCUT2D eigenvalue weighted by atomic mass is 32.2. The highest BCUT2D eigenvalue weighted by molar-refractivity contribution is 7.83. The van der Waals surface area contributed by atoms with Crippen LogP contribution in [-0.2, 0) is 23.6 Å². The van der Waals surface area contributed by atoms with Crippen LogP contribution in [0.5, 0.6) is 5.88 Å². The van der Waals surface area contributed by atoms with E-state index in [9.17, 15) is 9.00 Å². The molecule has 0 radical (unpaired) electrons. The molecule has 90 valence electrons. The van der Waals surface area contributed by atoms with E-state index in [1.54, 1.807) is 26.3 Å². The SMILES string of the molecule is CCNC(=O)Oc1cc(CS(C)=O)nn1C. The van der Waals surface area contributed by atoms with Gasteiger partial charge in [-0.3, -0.25) is 4.21 Å². The molecule has 1 unspecified atom stereocenters. The molecule has 0 aromatic carbocycles. The van der Waals surface area contributed by atoms with Gasteiger partial charge in [-0.1, -0.05) is 0 Å². The minimum Gasteiger partial charge on any atom is -0.392 e. The number of amides is 1. The number of aryl methyl sites for hydroxylation is 1. The largest absolute Gasteiger partial charge is 0.413 e. The average molecular weight is 245 g/mol. The fourth-order valence-corrected chi connectivity index (χ4v) is 1.71. The molecule has 1 atom stereocenters. The molecule has 1 rings (SSSR count). The van der Waals surface area contributed by atoms with Gasteiger partial charge in [-0.05, 0) is 6.92 Å². The maximum atomic E-state index is 11.2. The number of carbonyl (C=O) groups excluding carboxylic acids is 1. The van der Waals surface area contributed by atoms with Crippen molar-refractivity contribution in [2.75, 3.05) is 12.8 Å². The quantitative estimate of drug-likeness (QED) is 0.833. The van der Waals surface area contributed by atoms with Crippen LogP contribution < -0.4 is 10.1 Å². The molecule has 0 aliphatic rings. The van der Waals surface area contributed by atoms with Crippen LogP contribution in [0.15, 0.2) is 6.07 Å². The van der Waals surface area contributed by atoms with Crippen LogP contribution in [0.2, 0.25) is 0 Å². The van der Waals surface area contributed by atoms with Crippen molar-refractivity contribution >= 4 is 16.9 Å². The van der Waals surface area contributed by atoms with Gasteiger partial charge in [0.25, 0.3) is 0 Å². The second-order valence-electron chi connectivity index (χ2n) is 3.23. The Morgan fingerprint density at radius 3 is 2.94 bits per heavy atom. The van der Waals surface area contributed by atoms with E-state index in [1.807, 2.05) is 0 Å². The van der Waals surface area contributed by atoms with Crippen molar-refractivity contribution in [1.82, 2.24) is 15.1 Å². The molecule has 0 saturated heterocycles. The van der Waals surface area contributed by atoms with E-state index in [0.717, 1.165) is 0 Å². The summed E-state index contributed by atoms with van der Waals surface area (Å²) in [4.78, 5) is 11.2. The fourth-order valence-electron chi connectivity index (χ4n) is 1.16. The lowest BCUT2D eigenvalue weighted by atomic mass is 10.5. The molecule has 16 heavy (non-hydrogen) atoms. The molecule has 0 fully saturated rings. The molecule has 6 nitrogen and oxygen atoms in total. The third-order valence-electron chi connectivity index (χ3n) is 1.76. The first kappa shape index (κ1) is 12.7. The summed E-state index contributed by atoms with van der Waals surface area (Å²) in [6.07, 6.45) is 1.08. The number of nitrogens with zero attached hydrogens (tertiary/aromatic N) is 2. The van der Waals surface area contributed by atoms with Crippen molar-refractivity contribution in [2.24, 2.45) is 7.05 Å². The molecule has 0 aliphatic heterocycles. The van der Waals surface area contributed by atoms with Crippen molar-refractivity contribution in [3.8, 4) is 5.88 Å². The maximum Gasteiger partial charge on any atom is 0.413 e. The van der Waals surface area contributed by atoms with Crippen molar-refractivity contribution in [3.05, 3.63) is 11.8 Å². The Morgan fingerprint density at radius 2 is 2.38 bits per heavy atom. The minimum atomic E-state index is -0.960. The van der Waals surface area contributed by atoms with Gasteiger partial charge in [0.2, 0.25) is 5.88 Å². The Hall–Kier alpha value is -1.37. The van der Waals surface area contributed by atoms with Crippen LogP contribution in [0.4, 0.5) is 4.79 Å². The van der Waals surface area contributed by atoms with Crippen LogP contribution in [0, 0.1) is 0 Å². The molecule has 0 bridgehead atoms. The summed E-state index contributed by atoms with van der Waals surface area (Å²) in [5, 5.41) is 6.59. The average Bonchev–Trinajstić information content (AvgIpc) is 2.45. The summed E-state index contributed by atoms with van der Waals surface area (Å²) in [5.41, 5.74) is 0.641. The van der Waals surface area contributed by atoms with Crippen LogP contribution in [0.1, 0.15) is 12.6 Å². The van der Waals surface area contributed by atoms with Gasteiger partial charge < -0.3 is 10.1 Å². The lowest BCUT2D eigenvalue weighted by Gasteiger charge is -2.03. The molecule has 1 heterocycles. The maximum absolute atomic E-state index is 11.2. The van der Waals surface area contributed by atoms with E-state index in [4.69, 9.17) is 4.74 Å². The van der Waals surface area contributed by atoms with E-state index < -0.39 is 16.9 Å². The molecule has 1 aromatic rings. The third kappa shape index (κ3) is 3.65. The van der Waals surface area contributed by atoms with Crippen LogP contribution >= 0.6 is 0 Å². The summed E-state index contributed by atoms with van der Waals surface area (Å²) in [7, 11) is 0.704. The molecule has 1 aromatic heterocycles. The van der Waals surface area contributed by atoms with Gasteiger partial charge in [0.05, 0.1) is 11.4 Å². The number of nitrogens with one attached hydrogen (secondary N) is 1. The lowest BCUT2D eigenvalue weighted by Crippen LogP contribution is -2.26. The Balaban J connectivity index is 2.70. The molecule has 0 saturated carbocycles. The Labute approximate surface area is 96.4 Å². The van der Waals surface area contributed by atoms with Gasteiger partial charge >= 0.3 is 6.09 Å². The summed E-state index contributed by atoms with van der Waals surface area (Å²) < 4.78 is 17.4. The van der Waals surface area contributed by atoms with E-state index in [-0.39, 0.29) is 0 Å². The summed E-state index contributed by atoms with van der Waals surface area (Å²) >= 11 is 0. The number of hydrogen-bond donors (Lipinski definition) is 1. The van der Waals surface area contributed by atoms with Gasteiger partial charge in [-0.2, -0.15) is 5.10 Å². The molecule has 0 spiro atoms. The highest BCUT2D eigenvalue weighted by Crippen LogP contribution is 2.13. The van der Waals surface area contributed by atoms with Gasteiger partial charge in [0.1, 0.15) is 0 Å². The van der Waals surface area contributed by atoms with Crippen molar-refractivity contribution in [1.29, 1.82) is 0 Å². The highest BCUT2D eigenvalue weighted by Gasteiger charge is 2.10. The lowest BCUT2D eigenvalue weighted by molar-refractivity contribution is 0.197. The molecule has 1 N–H and O–H groups in total. The Kier molecular flexibility index (Phi) is 4.48. The van der Waals surface area contributed by atoms with E-state index in [0.29, 0.717) is 23.9 Å². The van der Waals surface area contributed by atoms with E-state index >= 15 is 0 Å². The predicted octanol–water partition coefficient (Wildman–Crippen LogP) is 0.407. The van der Waals surface area contributed by atoms with E-state index in [1.165, 1.54) is 4.68 Å². The standard InChI is InChI=1S/C9H15N3O3S/c1-4-10-9(13)15-8-5-7(6-16(3)14)11-12(8)2/h5H,4,6H2,1-3H3,(H,10,13). The number of carbonyl (C=O) groups is 1. The van der Waals surface area contributed by atoms with Gasteiger partial charge in [0, 0.05) is 36.7 Å². The van der Waals surface area contributed by atoms with Gasteiger partial charge in [-0.15, -0.1) is 0 Å². The monoisotopic (exact) mass is 245 g/mol. The first-order valence-electron chi connectivity index (χ1n) is 4.81. The zero-order chi connectivity index (χ0) is 12.1. The molecule has 7 heteroatoms. The second kappa shape index (κ2) is 5.64. The fraction of sp³-hybridized carbons (Fsp3) is 0.556. The van der Waals surface area contributed by atoms with Crippen molar-refractivity contribution in [3.63, 3.8) is 0 Å². The molecule has 1 amide bonds. The van der Waals surface area contributed by atoms with Crippen molar-refractivity contribution < 1.29 is 13.7 Å². The number of aromatic nitrogens is 2. The number of ether oxygens (including phenoxy) is 1. The normalized spacial score (nSPS) is 12.2. The van der Waals surface area contributed by atoms with Crippen LogP contribution in [0.3, 0.4) is 0 Å². The van der Waals surface area contributed by atoms with Gasteiger partial charge in [0.15, 0.2) is 0 Å². The Morgan fingerprint density at radius 1 is 1.69 bits per heavy atom. The predicted molar refractivity (Wildman–Crippen MR) is 60.7 cm³/mol. The zero-order valence-electron chi connectivity index (χ0n) is 9.52. The molecular formula is C9H15N3O3S. The van der Waals surface area contributed by atoms with Crippen LogP contribution in [-0.4, -0.2) is 32.9 Å². The summed E-state index contributed by atoms with van der Waals surface area (Å²) in [6, 6.07) is 1.61. The molecular weight excluding hydrogens is 230 g/mol. The summed E-state index contributed by atoms with van der Waals surface area (Å²) in [5.74, 6) is 0.693. The number of hydrogen-bond acceptors (Lipinski definition) is 4. The van der Waals surface area contributed by atoms with Gasteiger partial charge in [-0.25, -0.2) is 9.48 Å². The number of rotatable bonds is 4. The zero-order valence-corrected chi connectivity index (χ0v) is 10.3. The van der Waals surface area contributed by atoms with E-state index in [2.05, 4.69) is 10.4 Å². The first-order valence-corrected chi connectivity index (χ1v) is 6.54. The summed E-state index contributed by atoms with van der Waals surface area (Å²) in [6.45, 7) is 2.30. The second-order valence-corrected chi connectivity index (χ2v) is 4.67. The smallest absolute Gasteiger partial charge is 0.392 e. The first-order chi connectivity index (χ1) is 7.52. The molecule has 0 aliphatic carbocycles. The van der Waals surface area contributed by atoms with Crippen molar-refractivity contribution in [2.45, 2.75) is 12.7 Å². The van der Waals surface area contributed by atoms with Crippen LogP contribution in [0.25, 0.3) is 0 Å². The topological polar surface area (TPSA) is 73.2 Å². The minimum absolute atomic E-state index is 0.339. The third-order valence-corrected chi connectivity index (χ3v) is 2.46.